The minimum Gasteiger partial charge on any atom is -0.402 e. The van der Waals surface area contributed by atoms with Crippen molar-refractivity contribution >= 4 is 0 Å². The second-order valence-corrected chi connectivity index (χ2v) is 4.35. The molecule has 1 N–H and O–H groups in total. The lowest BCUT2D eigenvalue weighted by molar-refractivity contribution is -0.276. The van der Waals surface area contributed by atoms with Gasteiger partial charge in [0, 0.05) is 5.56 Å². The van der Waals surface area contributed by atoms with Crippen molar-refractivity contribution in [3.8, 4) is 5.75 Å². The summed E-state index contributed by atoms with van der Waals surface area (Å²) in [4.78, 5) is 0. The highest BCUT2D eigenvalue weighted by atomic mass is 19.4. The van der Waals surface area contributed by atoms with E-state index in [4.69, 9.17) is 0 Å². The Labute approximate surface area is 106 Å². The van der Waals surface area contributed by atoms with Crippen molar-refractivity contribution in [3.63, 3.8) is 0 Å². The molecule has 1 aromatic carbocycles. The first-order valence-corrected chi connectivity index (χ1v) is 5.83. The zero-order valence-electron chi connectivity index (χ0n) is 9.86. The van der Waals surface area contributed by atoms with E-state index in [0.717, 1.165) is 12.1 Å². The molecule has 0 spiro atoms. The molecule has 0 bridgehead atoms. The van der Waals surface area contributed by atoms with Gasteiger partial charge >= 0.3 is 6.36 Å². The molecule has 2 rings (SSSR count). The Morgan fingerprint density at radius 2 is 1.74 bits per heavy atom. The molecule has 1 saturated heterocycles. The molecule has 0 aliphatic carbocycles. The van der Waals surface area contributed by atoms with E-state index in [-0.39, 0.29) is 11.5 Å². The van der Waals surface area contributed by atoms with Crippen LogP contribution >= 0.6 is 0 Å². The van der Waals surface area contributed by atoms with Crippen LogP contribution in [0.2, 0.25) is 0 Å². The molecule has 0 aromatic heterocycles. The summed E-state index contributed by atoms with van der Waals surface area (Å²) in [6.07, 6.45) is -3.94. The largest absolute Gasteiger partial charge is 0.573 e. The molecule has 1 aromatic rings. The van der Waals surface area contributed by atoms with Gasteiger partial charge in [-0.1, -0.05) is 6.07 Å². The maximum Gasteiger partial charge on any atom is 0.573 e. The summed E-state index contributed by atoms with van der Waals surface area (Å²) in [5.74, 6) is -4.25. The molecule has 2 nitrogen and oxygen atoms in total. The zero-order chi connectivity index (χ0) is 14.0. The molecule has 1 fully saturated rings. The van der Waals surface area contributed by atoms with Crippen LogP contribution in [0.3, 0.4) is 0 Å². The van der Waals surface area contributed by atoms with E-state index in [9.17, 15) is 22.0 Å². The van der Waals surface area contributed by atoms with E-state index in [2.05, 4.69) is 10.1 Å². The summed E-state index contributed by atoms with van der Waals surface area (Å²) in [5, 5.41) is 3.05. The number of ether oxygens (including phenoxy) is 1. The third-order valence-electron chi connectivity index (χ3n) is 3.08. The van der Waals surface area contributed by atoms with Crippen LogP contribution < -0.4 is 10.1 Å². The average molecular weight is 281 g/mol. The fourth-order valence-corrected chi connectivity index (χ4v) is 2.22. The van der Waals surface area contributed by atoms with Crippen LogP contribution in [0.25, 0.3) is 0 Å². The lowest BCUT2D eigenvalue weighted by Crippen LogP contribution is -2.28. The number of rotatable bonds is 2. The SMILES string of the molecule is Fc1ccc(C2CCNCC2)c(OC(F)(F)F)c1F. The molecule has 7 heteroatoms. The minimum absolute atomic E-state index is 0.0673. The zero-order valence-corrected chi connectivity index (χ0v) is 9.86. The van der Waals surface area contributed by atoms with Crippen molar-refractivity contribution < 1.29 is 26.7 Å². The molecule has 0 atom stereocenters. The smallest absolute Gasteiger partial charge is 0.402 e. The number of piperidine rings is 1. The summed E-state index contributed by atoms with van der Waals surface area (Å²) >= 11 is 0. The first kappa shape index (κ1) is 14.0. The molecule has 0 saturated carbocycles. The molecule has 1 aliphatic rings. The van der Waals surface area contributed by atoms with Crippen molar-refractivity contribution in [1.29, 1.82) is 0 Å². The van der Waals surface area contributed by atoms with Crippen molar-refractivity contribution in [1.82, 2.24) is 5.32 Å². The van der Waals surface area contributed by atoms with Crippen molar-refractivity contribution in [2.75, 3.05) is 13.1 Å². The lowest BCUT2D eigenvalue weighted by atomic mass is 9.89. The normalized spacial score (nSPS) is 17.5. The Morgan fingerprint density at radius 1 is 1.11 bits per heavy atom. The van der Waals surface area contributed by atoms with E-state index in [1.165, 1.54) is 0 Å². The van der Waals surface area contributed by atoms with Gasteiger partial charge in [0.2, 0.25) is 5.82 Å². The van der Waals surface area contributed by atoms with Gasteiger partial charge in [0.05, 0.1) is 0 Å². The monoisotopic (exact) mass is 281 g/mol. The molecule has 106 valence electrons. The van der Waals surface area contributed by atoms with E-state index in [0.29, 0.717) is 25.9 Å². The second kappa shape index (κ2) is 5.32. The Hall–Kier alpha value is -1.37. The summed E-state index contributed by atoms with van der Waals surface area (Å²) in [6.45, 7) is 1.24. The van der Waals surface area contributed by atoms with E-state index in [1.54, 1.807) is 0 Å². The Kier molecular flexibility index (Phi) is 3.93. The summed E-state index contributed by atoms with van der Waals surface area (Å²) in [6, 6.07) is 1.99. The Bertz CT molecular complexity index is 454. The molecule has 0 unspecified atom stereocenters. The second-order valence-electron chi connectivity index (χ2n) is 4.35. The van der Waals surface area contributed by atoms with Crippen LogP contribution in [0, 0.1) is 11.6 Å². The first-order valence-electron chi connectivity index (χ1n) is 5.83. The fourth-order valence-electron chi connectivity index (χ4n) is 2.22. The lowest BCUT2D eigenvalue weighted by Gasteiger charge is -2.25. The maximum atomic E-state index is 13.5. The van der Waals surface area contributed by atoms with Crippen LogP contribution in [0.15, 0.2) is 12.1 Å². The van der Waals surface area contributed by atoms with E-state index >= 15 is 0 Å². The third kappa shape index (κ3) is 3.34. The van der Waals surface area contributed by atoms with Gasteiger partial charge in [-0.05, 0) is 37.9 Å². The first-order chi connectivity index (χ1) is 8.88. The number of hydrogen-bond donors (Lipinski definition) is 1. The van der Waals surface area contributed by atoms with Crippen molar-refractivity contribution in [2.24, 2.45) is 0 Å². The quantitative estimate of drug-likeness (QED) is 0.840. The molecule has 19 heavy (non-hydrogen) atoms. The van der Waals surface area contributed by atoms with Gasteiger partial charge in [-0.25, -0.2) is 4.39 Å². The Morgan fingerprint density at radius 3 is 2.32 bits per heavy atom. The van der Waals surface area contributed by atoms with Crippen molar-refractivity contribution in [3.05, 3.63) is 29.3 Å². The standard InChI is InChI=1S/C12H12F5NO/c13-9-2-1-8(7-3-5-18-6-4-7)11(10(9)14)19-12(15,16)17/h1-2,7,18H,3-6H2. The van der Waals surface area contributed by atoms with Gasteiger partial charge in [-0.3, -0.25) is 0 Å². The summed E-state index contributed by atoms with van der Waals surface area (Å²) in [7, 11) is 0. The predicted octanol–water partition coefficient (Wildman–Crippen LogP) is 3.33. The highest BCUT2D eigenvalue weighted by Crippen LogP contribution is 2.38. The molecule has 0 radical (unpaired) electrons. The van der Waals surface area contributed by atoms with Gasteiger partial charge in [-0.2, -0.15) is 4.39 Å². The van der Waals surface area contributed by atoms with Crippen LogP contribution in [-0.4, -0.2) is 19.5 Å². The summed E-state index contributed by atoms with van der Waals surface area (Å²) < 4.78 is 67.1. The van der Waals surface area contributed by atoms with Gasteiger partial charge in [-0.15, -0.1) is 13.2 Å². The number of benzene rings is 1. The number of nitrogens with one attached hydrogen (secondary N) is 1. The highest BCUT2D eigenvalue weighted by Gasteiger charge is 2.35. The van der Waals surface area contributed by atoms with Gasteiger partial charge in [0.1, 0.15) is 0 Å². The van der Waals surface area contributed by atoms with Crippen LogP contribution in [-0.2, 0) is 0 Å². The number of hydrogen-bond acceptors (Lipinski definition) is 2. The maximum absolute atomic E-state index is 13.5. The Balaban J connectivity index is 2.38. The van der Waals surface area contributed by atoms with Gasteiger partial charge in [0.25, 0.3) is 0 Å². The molecule has 1 heterocycles. The van der Waals surface area contributed by atoms with Gasteiger partial charge in [0.15, 0.2) is 11.6 Å². The predicted molar refractivity (Wildman–Crippen MR) is 57.9 cm³/mol. The number of alkyl halides is 3. The molecule has 0 amide bonds. The molecular weight excluding hydrogens is 269 g/mol. The highest BCUT2D eigenvalue weighted by molar-refractivity contribution is 5.39. The van der Waals surface area contributed by atoms with Crippen LogP contribution in [0.5, 0.6) is 5.75 Å². The number of halogens is 5. The fraction of sp³-hybridized carbons (Fsp3) is 0.500. The average Bonchev–Trinajstić information content (AvgIpc) is 2.35. The third-order valence-corrected chi connectivity index (χ3v) is 3.08. The molecular formula is C12H12F5NO. The topological polar surface area (TPSA) is 21.3 Å². The van der Waals surface area contributed by atoms with Crippen molar-refractivity contribution in [2.45, 2.75) is 25.1 Å². The van der Waals surface area contributed by atoms with E-state index in [1.807, 2.05) is 0 Å². The summed E-state index contributed by atoms with van der Waals surface area (Å²) in [5.41, 5.74) is 0.0673. The minimum atomic E-state index is -5.05. The molecule has 1 aliphatic heterocycles. The van der Waals surface area contributed by atoms with Crippen LogP contribution in [0.1, 0.15) is 24.3 Å². The van der Waals surface area contributed by atoms with Crippen LogP contribution in [0.4, 0.5) is 22.0 Å². The van der Waals surface area contributed by atoms with E-state index < -0.39 is 23.7 Å². The van der Waals surface area contributed by atoms with Gasteiger partial charge < -0.3 is 10.1 Å².